The van der Waals surface area contributed by atoms with Crippen molar-refractivity contribution in [3.63, 3.8) is 0 Å². The molecule has 1 aromatic rings. The largest absolute Gasteiger partial charge is 0.377 e. The molecular weight excluding hydrogens is 298 g/mol. The van der Waals surface area contributed by atoms with Crippen molar-refractivity contribution in [1.29, 1.82) is 0 Å². The molecule has 2 fully saturated rings. The van der Waals surface area contributed by atoms with Gasteiger partial charge in [-0.25, -0.2) is 0 Å². The molecule has 1 aliphatic heterocycles. The number of amides is 1. The smallest absolute Gasteiger partial charge is 0.233 e. The van der Waals surface area contributed by atoms with Gasteiger partial charge in [-0.1, -0.05) is 30.3 Å². The van der Waals surface area contributed by atoms with Gasteiger partial charge in [0.15, 0.2) is 0 Å². The van der Waals surface area contributed by atoms with Gasteiger partial charge >= 0.3 is 0 Å². The fraction of sp³-hybridized carbons (Fsp3) is 0.588. The maximum atomic E-state index is 12.2. The van der Waals surface area contributed by atoms with Crippen LogP contribution in [-0.4, -0.2) is 34.3 Å². The van der Waals surface area contributed by atoms with E-state index in [4.69, 9.17) is 4.74 Å². The number of carbonyl (C=O) groups excluding carboxylic acids is 1. The summed E-state index contributed by atoms with van der Waals surface area (Å²) in [5.74, 6) is 0.970. The minimum absolute atomic E-state index is 0.0634. The topological polar surface area (TPSA) is 55.4 Å². The second kappa shape index (κ2) is 7.38. The monoisotopic (exact) mass is 321 g/mol. The molecule has 120 valence electrons. The predicted molar refractivity (Wildman–Crippen MR) is 86.9 cm³/mol. The molecule has 5 heteroatoms. The van der Waals surface area contributed by atoms with Crippen molar-refractivity contribution in [3.05, 3.63) is 35.9 Å². The fourth-order valence-corrected chi connectivity index (χ4v) is 4.14. The lowest BCUT2D eigenvalue weighted by Gasteiger charge is -2.19. The Morgan fingerprint density at radius 1 is 1.27 bits per heavy atom. The van der Waals surface area contributed by atoms with E-state index in [0.29, 0.717) is 11.7 Å². The average molecular weight is 321 g/mol. The van der Waals surface area contributed by atoms with Gasteiger partial charge in [-0.05, 0) is 37.2 Å². The molecule has 0 radical (unpaired) electrons. The Morgan fingerprint density at radius 3 is 2.68 bits per heavy atom. The number of nitrogens with one attached hydrogen (secondary N) is 1. The molecule has 1 aromatic carbocycles. The molecule has 22 heavy (non-hydrogen) atoms. The Hall–Kier alpha value is -1.20. The van der Waals surface area contributed by atoms with E-state index in [1.165, 1.54) is 0 Å². The molecule has 3 rings (SSSR count). The highest BCUT2D eigenvalue weighted by molar-refractivity contribution is 7.85. The molecular formula is C17H23NO3S. The van der Waals surface area contributed by atoms with E-state index in [9.17, 15) is 9.00 Å². The molecule has 1 aliphatic carbocycles. The number of benzene rings is 1. The summed E-state index contributed by atoms with van der Waals surface area (Å²) in [6.45, 7) is 0.756. The minimum atomic E-state index is -1.14. The van der Waals surface area contributed by atoms with Crippen molar-refractivity contribution in [2.45, 2.75) is 37.8 Å². The highest BCUT2D eigenvalue weighted by atomic mass is 32.2. The zero-order chi connectivity index (χ0) is 15.4. The van der Waals surface area contributed by atoms with Gasteiger partial charge in [-0.3, -0.25) is 9.00 Å². The van der Waals surface area contributed by atoms with Gasteiger partial charge in [0.2, 0.25) is 5.91 Å². The quantitative estimate of drug-likeness (QED) is 0.837. The summed E-state index contributed by atoms with van der Waals surface area (Å²) in [6, 6.07) is 10.1. The SMILES string of the molecule is O=C(C[S@](=O)C[C@@H]1CCCO1)N[C@H](c1ccccc1)C1CC1. The molecule has 1 amide bonds. The third-order valence-electron chi connectivity index (χ3n) is 4.26. The van der Waals surface area contributed by atoms with Gasteiger partial charge in [0.25, 0.3) is 0 Å². The lowest BCUT2D eigenvalue weighted by Crippen LogP contribution is -2.34. The predicted octanol–water partition coefficient (Wildman–Crippen LogP) is 2.18. The summed E-state index contributed by atoms with van der Waals surface area (Å²) < 4.78 is 17.6. The van der Waals surface area contributed by atoms with Gasteiger partial charge in [-0.2, -0.15) is 0 Å². The molecule has 0 aromatic heterocycles. The van der Waals surface area contributed by atoms with E-state index >= 15 is 0 Å². The van der Waals surface area contributed by atoms with Crippen molar-refractivity contribution in [2.75, 3.05) is 18.1 Å². The highest BCUT2D eigenvalue weighted by Crippen LogP contribution is 2.40. The number of rotatable bonds is 7. The fourth-order valence-electron chi connectivity index (χ4n) is 2.97. The summed E-state index contributed by atoms with van der Waals surface area (Å²) in [4.78, 5) is 12.2. The van der Waals surface area contributed by atoms with Crippen LogP contribution in [0.25, 0.3) is 0 Å². The van der Waals surface area contributed by atoms with Crippen LogP contribution in [0.1, 0.15) is 37.3 Å². The second-order valence-corrected chi connectivity index (χ2v) is 7.68. The van der Waals surface area contributed by atoms with Gasteiger partial charge in [0.05, 0.1) is 17.9 Å². The second-order valence-electron chi connectivity index (χ2n) is 6.18. The van der Waals surface area contributed by atoms with Gasteiger partial charge in [-0.15, -0.1) is 0 Å². The molecule has 3 atom stereocenters. The van der Waals surface area contributed by atoms with Crippen LogP contribution in [0.4, 0.5) is 0 Å². The maximum absolute atomic E-state index is 12.2. The van der Waals surface area contributed by atoms with Crippen molar-refractivity contribution < 1.29 is 13.7 Å². The summed E-state index contributed by atoms with van der Waals surface area (Å²) >= 11 is 0. The number of carbonyl (C=O) groups is 1. The molecule has 1 N–H and O–H groups in total. The molecule has 1 heterocycles. The lowest BCUT2D eigenvalue weighted by molar-refractivity contribution is -0.119. The van der Waals surface area contributed by atoms with Crippen LogP contribution in [0.3, 0.4) is 0 Å². The summed E-state index contributed by atoms with van der Waals surface area (Å²) in [6.07, 6.45) is 4.37. The summed E-state index contributed by atoms with van der Waals surface area (Å²) in [7, 11) is -1.14. The van der Waals surface area contributed by atoms with Crippen molar-refractivity contribution in [1.82, 2.24) is 5.32 Å². The Morgan fingerprint density at radius 2 is 2.05 bits per heavy atom. The van der Waals surface area contributed by atoms with Crippen molar-refractivity contribution >= 4 is 16.7 Å². The van der Waals surface area contributed by atoms with E-state index in [-0.39, 0.29) is 23.8 Å². The third kappa shape index (κ3) is 4.40. The van der Waals surface area contributed by atoms with Crippen LogP contribution in [0, 0.1) is 5.92 Å². The number of ether oxygens (including phenoxy) is 1. The first-order valence-electron chi connectivity index (χ1n) is 8.03. The molecule has 0 unspecified atom stereocenters. The van der Waals surface area contributed by atoms with E-state index in [2.05, 4.69) is 5.32 Å². The Bertz CT molecular complexity index is 524. The Labute approximate surface area is 134 Å². The minimum Gasteiger partial charge on any atom is -0.377 e. The van der Waals surface area contributed by atoms with E-state index in [1.54, 1.807) is 0 Å². The first-order valence-corrected chi connectivity index (χ1v) is 9.52. The maximum Gasteiger partial charge on any atom is 0.233 e. The Kier molecular flexibility index (Phi) is 5.26. The molecule has 1 saturated carbocycles. The van der Waals surface area contributed by atoms with Crippen LogP contribution >= 0.6 is 0 Å². The molecule has 1 saturated heterocycles. The normalized spacial score (nSPS) is 23.9. The summed E-state index contributed by atoms with van der Waals surface area (Å²) in [5.41, 5.74) is 1.14. The molecule has 2 aliphatic rings. The van der Waals surface area contributed by atoms with Gasteiger partial charge in [0, 0.05) is 17.4 Å². The number of hydrogen-bond acceptors (Lipinski definition) is 3. The van der Waals surface area contributed by atoms with E-state index in [1.807, 2.05) is 30.3 Å². The van der Waals surface area contributed by atoms with E-state index < -0.39 is 10.8 Å². The average Bonchev–Trinajstić information content (AvgIpc) is 3.23. The first-order chi connectivity index (χ1) is 10.7. The molecule has 0 bridgehead atoms. The van der Waals surface area contributed by atoms with Crippen molar-refractivity contribution in [2.24, 2.45) is 5.92 Å². The zero-order valence-corrected chi connectivity index (χ0v) is 13.5. The van der Waals surface area contributed by atoms with Crippen LogP contribution in [-0.2, 0) is 20.3 Å². The van der Waals surface area contributed by atoms with Crippen LogP contribution in [0.5, 0.6) is 0 Å². The first kappa shape index (κ1) is 15.7. The highest BCUT2D eigenvalue weighted by Gasteiger charge is 2.33. The van der Waals surface area contributed by atoms with Crippen LogP contribution < -0.4 is 5.32 Å². The lowest BCUT2D eigenvalue weighted by atomic mass is 10.0. The third-order valence-corrected chi connectivity index (χ3v) is 5.58. The van der Waals surface area contributed by atoms with Crippen LogP contribution in [0.2, 0.25) is 0 Å². The van der Waals surface area contributed by atoms with Gasteiger partial charge < -0.3 is 10.1 Å². The Balaban J connectivity index is 1.52. The zero-order valence-electron chi connectivity index (χ0n) is 12.7. The van der Waals surface area contributed by atoms with Crippen LogP contribution in [0.15, 0.2) is 30.3 Å². The van der Waals surface area contributed by atoms with Crippen molar-refractivity contribution in [3.8, 4) is 0 Å². The van der Waals surface area contributed by atoms with E-state index in [0.717, 1.165) is 37.9 Å². The number of hydrogen-bond donors (Lipinski definition) is 1. The molecule has 4 nitrogen and oxygen atoms in total. The standard InChI is InChI=1S/C17H23NO3S/c19-16(12-22(20)11-15-7-4-10-21-15)18-17(14-8-9-14)13-5-2-1-3-6-13/h1-3,5-6,14-15,17H,4,7-12H2,(H,18,19)/t15-,17+,22+/m0/s1. The van der Waals surface area contributed by atoms with Gasteiger partial charge in [0.1, 0.15) is 5.75 Å². The summed E-state index contributed by atoms with van der Waals surface area (Å²) in [5, 5.41) is 3.08. The molecule has 0 spiro atoms.